The summed E-state index contributed by atoms with van der Waals surface area (Å²) in [6.07, 6.45) is 1.88. The van der Waals surface area contributed by atoms with Crippen LogP contribution in [-0.2, 0) is 11.3 Å². The molecule has 1 heterocycles. The summed E-state index contributed by atoms with van der Waals surface area (Å²) in [6, 6.07) is 0. The zero-order valence-electron chi connectivity index (χ0n) is 8.24. The summed E-state index contributed by atoms with van der Waals surface area (Å²) in [4.78, 5) is 15.0. The second-order valence-corrected chi connectivity index (χ2v) is 3.46. The Labute approximate surface area is 77.8 Å². The van der Waals surface area contributed by atoms with Gasteiger partial charge in [0.1, 0.15) is 12.4 Å². The number of nitrogens with zero attached hydrogens (tertiary/aromatic N) is 2. The smallest absolute Gasteiger partial charge is 0.237 e. The zero-order chi connectivity index (χ0) is 10.0. The van der Waals surface area contributed by atoms with Crippen molar-refractivity contribution in [2.24, 2.45) is 5.73 Å². The number of aromatic nitrogens is 2. The molecule has 13 heavy (non-hydrogen) atoms. The summed E-state index contributed by atoms with van der Waals surface area (Å²) in [7, 11) is 0. The Bertz CT molecular complexity index is 315. The summed E-state index contributed by atoms with van der Waals surface area (Å²) in [5.74, 6) is 0.881. The summed E-state index contributed by atoms with van der Waals surface area (Å²) in [5.41, 5.74) is 6.09. The van der Waals surface area contributed by atoms with E-state index < -0.39 is 0 Å². The van der Waals surface area contributed by atoms with Gasteiger partial charge in [-0.2, -0.15) is 0 Å². The van der Waals surface area contributed by atoms with E-state index in [-0.39, 0.29) is 12.5 Å². The van der Waals surface area contributed by atoms with Crippen molar-refractivity contribution in [2.75, 3.05) is 0 Å². The van der Waals surface area contributed by atoms with Crippen LogP contribution in [0.5, 0.6) is 0 Å². The van der Waals surface area contributed by atoms with Gasteiger partial charge in [-0.1, -0.05) is 13.8 Å². The average Bonchev–Trinajstić information content (AvgIpc) is 2.31. The molecule has 0 radical (unpaired) electrons. The van der Waals surface area contributed by atoms with Gasteiger partial charge >= 0.3 is 0 Å². The largest absolute Gasteiger partial charge is 0.368 e. The molecule has 72 valence electrons. The standard InChI is InChI=1S/C9H15N3O/c1-6(2)8-4-12(5-9(10)13)7(3)11-8/h4,6H,5H2,1-3H3,(H2,10,13). The number of aryl methyl sites for hydroxylation is 1. The van der Waals surface area contributed by atoms with Crippen molar-refractivity contribution in [1.29, 1.82) is 0 Å². The maximum absolute atomic E-state index is 10.7. The van der Waals surface area contributed by atoms with Crippen LogP contribution < -0.4 is 5.73 Å². The van der Waals surface area contributed by atoms with Crippen LogP contribution in [0.4, 0.5) is 0 Å². The first-order valence-electron chi connectivity index (χ1n) is 4.32. The molecule has 1 amide bonds. The molecule has 4 nitrogen and oxygen atoms in total. The number of carbonyl (C=O) groups excluding carboxylic acids is 1. The number of hydrogen-bond acceptors (Lipinski definition) is 2. The lowest BCUT2D eigenvalue weighted by Crippen LogP contribution is -2.18. The van der Waals surface area contributed by atoms with Gasteiger partial charge in [0.25, 0.3) is 0 Å². The molecular weight excluding hydrogens is 166 g/mol. The monoisotopic (exact) mass is 181 g/mol. The van der Waals surface area contributed by atoms with Gasteiger partial charge in [-0.3, -0.25) is 4.79 Å². The van der Waals surface area contributed by atoms with E-state index in [0.29, 0.717) is 5.92 Å². The molecule has 0 atom stereocenters. The average molecular weight is 181 g/mol. The fraction of sp³-hybridized carbons (Fsp3) is 0.556. The fourth-order valence-corrected chi connectivity index (χ4v) is 1.14. The number of rotatable bonds is 3. The second-order valence-electron chi connectivity index (χ2n) is 3.46. The first kappa shape index (κ1) is 9.77. The van der Waals surface area contributed by atoms with Crippen molar-refractivity contribution < 1.29 is 4.79 Å². The minimum absolute atomic E-state index is 0.214. The third-order valence-electron chi connectivity index (χ3n) is 1.91. The highest BCUT2D eigenvalue weighted by molar-refractivity contribution is 5.73. The van der Waals surface area contributed by atoms with E-state index >= 15 is 0 Å². The van der Waals surface area contributed by atoms with Gasteiger partial charge in [0.2, 0.25) is 5.91 Å². The first-order valence-corrected chi connectivity index (χ1v) is 4.32. The zero-order valence-corrected chi connectivity index (χ0v) is 8.24. The molecule has 0 aliphatic heterocycles. The van der Waals surface area contributed by atoms with Crippen LogP contribution in [0.1, 0.15) is 31.3 Å². The summed E-state index contributed by atoms with van der Waals surface area (Å²) in [6.45, 7) is 6.22. The third-order valence-corrected chi connectivity index (χ3v) is 1.91. The van der Waals surface area contributed by atoms with E-state index in [2.05, 4.69) is 18.8 Å². The maximum Gasteiger partial charge on any atom is 0.237 e. The molecule has 4 heteroatoms. The number of amides is 1. The van der Waals surface area contributed by atoms with Gasteiger partial charge in [-0.25, -0.2) is 4.98 Å². The summed E-state index contributed by atoms with van der Waals surface area (Å²) >= 11 is 0. The number of primary amides is 1. The van der Waals surface area contributed by atoms with E-state index in [1.165, 1.54) is 0 Å². The van der Waals surface area contributed by atoms with Gasteiger partial charge in [0.15, 0.2) is 0 Å². The van der Waals surface area contributed by atoms with Crippen LogP contribution in [0.2, 0.25) is 0 Å². The lowest BCUT2D eigenvalue weighted by Gasteiger charge is -1.99. The van der Waals surface area contributed by atoms with Gasteiger partial charge in [0, 0.05) is 6.20 Å². The second kappa shape index (κ2) is 3.60. The molecular formula is C9H15N3O. The highest BCUT2D eigenvalue weighted by Gasteiger charge is 2.08. The Hall–Kier alpha value is -1.32. The lowest BCUT2D eigenvalue weighted by molar-refractivity contribution is -0.118. The normalized spacial score (nSPS) is 10.8. The predicted octanol–water partition coefficient (Wildman–Crippen LogP) is 0.800. The van der Waals surface area contributed by atoms with Crippen LogP contribution in [0.15, 0.2) is 6.20 Å². The Balaban J connectivity index is 2.89. The molecule has 1 aromatic heterocycles. The molecule has 1 rings (SSSR count). The van der Waals surface area contributed by atoms with E-state index in [4.69, 9.17) is 5.73 Å². The van der Waals surface area contributed by atoms with Crippen LogP contribution in [0.3, 0.4) is 0 Å². The molecule has 0 bridgehead atoms. The highest BCUT2D eigenvalue weighted by Crippen LogP contribution is 2.12. The van der Waals surface area contributed by atoms with Gasteiger partial charge in [-0.15, -0.1) is 0 Å². The predicted molar refractivity (Wildman–Crippen MR) is 50.2 cm³/mol. The Kier molecular flexibility index (Phi) is 2.70. The van der Waals surface area contributed by atoms with Gasteiger partial charge in [0.05, 0.1) is 5.69 Å². The van der Waals surface area contributed by atoms with E-state index in [0.717, 1.165) is 11.5 Å². The minimum atomic E-state index is -0.337. The topological polar surface area (TPSA) is 60.9 Å². The molecule has 0 aromatic carbocycles. The molecule has 0 aliphatic carbocycles. The Morgan fingerprint density at radius 2 is 2.31 bits per heavy atom. The summed E-state index contributed by atoms with van der Waals surface area (Å²) < 4.78 is 1.78. The SMILES string of the molecule is Cc1nc(C(C)C)cn1CC(N)=O. The quantitative estimate of drug-likeness (QED) is 0.749. The summed E-state index contributed by atoms with van der Waals surface area (Å²) in [5, 5.41) is 0. The first-order chi connectivity index (χ1) is 6.00. The Morgan fingerprint density at radius 1 is 1.69 bits per heavy atom. The molecule has 0 fully saturated rings. The van der Waals surface area contributed by atoms with Crippen molar-refractivity contribution in [1.82, 2.24) is 9.55 Å². The van der Waals surface area contributed by atoms with Crippen LogP contribution in [0, 0.1) is 6.92 Å². The van der Waals surface area contributed by atoms with Crippen molar-refractivity contribution in [3.63, 3.8) is 0 Å². The van der Waals surface area contributed by atoms with Crippen molar-refractivity contribution in [3.05, 3.63) is 17.7 Å². The van der Waals surface area contributed by atoms with Gasteiger partial charge in [-0.05, 0) is 12.8 Å². The van der Waals surface area contributed by atoms with Gasteiger partial charge < -0.3 is 10.3 Å². The minimum Gasteiger partial charge on any atom is -0.368 e. The van der Waals surface area contributed by atoms with Crippen LogP contribution in [0.25, 0.3) is 0 Å². The number of carbonyl (C=O) groups is 1. The maximum atomic E-state index is 10.7. The van der Waals surface area contributed by atoms with E-state index in [1.54, 1.807) is 4.57 Å². The number of imidazole rings is 1. The molecule has 0 saturated heterocycles. The Morgan fingerprint density at radius 3 is 2.69 bits per heavy atom. The lowest BCUT2D eigenvalue weighted by atomic mass is 10.2. The van der Waals surface area contributed by atoms with Crippen LogP contribution in [-0.4, -0.2) is 15.5 Å². The van der Waals surface area contributed by atoms with Crippen molar-refractivity contribution in [2.45, 2.75) is 33.2 Å². The number of nitrogens with two attached hydrogens (primary N) is 1. The molecule has 1 aromatic rings. The molecule has 0 spiro atoms. The molecule has 0 unspecified atom stereocenters. The van der Waals surface area contributed by atoms with Crippen LogP contribution >= 0.6 is 0 Å². The molecule has 0 saturated carbocycles. The third kappa shape index (κ3) is 2.31. The van der Waals surface area contributed by atoms with Crippen molar-refractivity contribution >= 4 is 5.91 Å². The molecule has 2 N–H and O–H groups in total. The van der Waals surface area contributed by atoms with Crippen molar-refractivity contribution in [3.8, 4) is 0 Å². The highest BCUT2D eigenvalue weighted by atomic mass is 16.1. The molecule has 0 aliphatic rings. The fourth-order valence-electron chi connectivity index (χ4n) is 1.14. The van der Waals surface area contributed by atoms with E-state index in [9.17, 15) is 4.79 Å². The number of hydrogen-bond donors (Lipinski definition) is 1. The van der Waals surface area contributed by atoms with E-state index in [1.807, 2.05) is 13.1 Å².